The molecule has 0 saturated heterocycles. The minimum Gasteiger partial charge on any atom is -0.481 e. The van der Waals surface area contributed by atoms with Crippen LogP contribution in [-0.2, 0) is 4.79 Å². The SMILES string of the molecule is NC(CC(=O)O)c1cccc(Oc2ccc(Cl)c(Cl)c2)c1. The van der Waals surface area contributed by atoms with Gasteiger partial charge in [0, 0.05) is 12.1 Å². The number of rotatable bonds is 5. The van der Waals surface area contributed by atoms with E-state index >= 15 is 0 Å². The van der Waals surface area contributed by atoms with Crippen molar-refractivity contribution in [1.29, 1.82) is 0 Å². The number of aliphatic carboxylic acids is 1. The Labute approximate surface area is 132 Å². The number of nitrogens with two attached hydrogens (primary N) is 1. The van der Waals surface area contributed by atoms with E-state index in [1.165, 1.54) is 0 Å². The lowest BCUT2D eigenvalue weighted by Crippen LogP contribution is -2.14. The molecular weight excluding hydrogens is 313 g/mol. The van der Waals surface area contributed by atoms with Gasteiger partial charge in [-0.3, -0.25) is 4.79 Å². The first-order valence-corrected chi connectivity index (χ1v) is 6.91. The van der Waals surface area contributed by atoms with Crippen LogP contribution in [-0.4, -0.2) is 11.1 Å². The minimum absolute atomic E-state index is 0.143. The lowest BCUT2D eigenvalue weighted by molar-refractivity contribution is -0.137. The minimum atomic E-state index is -0.946. The van der Waals surface area contributed by atoms with Crippen LogP contribution in [0.4, 0.5) is 0 Å². The first-order chi connectivity index (χ1) is 9.95. The first-order valence-electron chi connectivity index (χ1n) is 6.16. The summed E-state index contributed by atoms with van der Waals surface area (Å²) >= 11 is 11.8. The molecule has 2 rings (SSSR count). The van der Waals surface area contributed by atoms with Gasteiger partial charge in [-0.2, -0.15) is 0 Å². The van der Waals surface area contributed by atoms with Gasteiger partial charge >= 0.3 is 5.97 Å². The van der Waals surface area contributed by atoms with E-state index in [1.807, 2.05) is 0 Å². The molecule has 0 aromatic heterocycles. The Morgan fingerprint density at radius 1 is 1.14 bits per heavy atom. The highest BCUT2D eigenvalue weighted by Gasteiger charge is 2.11. The van der Waals surface area contributed by atoms with E-state index in [4.69, 9.17) is 38.8 Å². The number of hydrogen-bond donors (Lipinski definition) is 2. The standard InChI is InChI=1S/C15H13Cl2NO3/c16-12-5-4-11(7-13(12)17)21-10-3-1-2-9(6-10)14(18)8-15(19)20/h1-7,14H,8,18H2,(H,19,20). The molecule has 0 aliphatic carbocycles. The lowest BCUT2D eigenvalue weighted by atomic mass is 10.0. The van der Waals surface area contributed by atoms with E-state index in [-0.39, 0.29) is 6.42 Å². The third-order valence-electron chi connectivity index (χ3n) is 2.81. The molecule has 0 bridgehead atoms. The summed E-state index contributed by atoms with van der Waals surface area (Å²) in [6.07, 6.45) is -0.143. The van der Waals surface area contributed by atoms with E-state index in [2.05, 4.69) is 0 Å². The Kier molecular flexibility index (Phi) is 5.07. The average Bonchev–Trinajstić information content (AvgIpc) is 2.42. The first kappa shape index (κ1) is 15.6. The van der Waals surface area contributed by atoms with Crippen LogP contribution in [0.25, 0.3) is 0 Å². The van der Waals surface area contributed by atoms with Gasteiger partial charge in [0.05, 0.1) is 16.5 Å². The zero-order valence-electron chi connectivity index (χ0n) is 10.9. The Hall–Kier alpha value is -1.75. The van der Waals surface area contributed by atoms with Crippen molar-refractivity contribution in [3.05, 3.63) is 58.1 Å². The lowest BCUT2D eigenvalue weighted by Gasteiger charge is -2.12. The second-order valence-electron chi connectivity index (χ2n) is 4.45. The van der Waals surface area contributed by atoms with Crippen molar-refractivity contribution in [2.45, 2.75) is 12.5 Å². The number of carboxylic acids is 1. The fourth-order valence-corrected chi connectivity index (χ4v) is 2.08. The summed E-state index contributed by atoms with van der Waals surface area (Å²) in [6.45, 7) is 0. The van der Waals surface area contributed by atoms with Gasteiger partial charge in [0.1, 0.15) is 11.5 Å². The fourth-order valence-electron chi connectivity index (χ4n) is 1.79. The molecule has 2 aromatic carbocycles. The van der Waals surface area contributed by atoms with Crippen molar-refractivity contribution in [3.8, 4) is 11.5 Å². The van der Waals surface area contributed by atoms with Crippen LogP contribution >= 0.6 is 23.2 Å². The quantitative estimate of drug-likeness (QED) is 0.861. The van der Waals surface area contributed by atoms with Crippen LogP contribution < -0.4 is 10.5 Å². The normalized spacial score (nSPS) is 12.0. The molecule has 0 amide bonds. The fraction of sp³-hybridized carbons (Fsp3) is 0.133. The number of hydrogen-bond acceptors (Lipinski definition) is 3. The molecule has 110 valence electrons. The predicted octanol–water partition coefficient (Wildman–Crippen LogP) is 4.26. The maximum Gasteiger partial charge on any atom is 0.305 e. The number of ether oxygens (including phenoxy) is 1. The Balaban J connectivity index is 2.17. The van der Waals surface area contributed by atoms with Crippen molar-refractivity contribution < 1.29 is 14.6 Å². The Morgan fingerprint density at radius 2 is 1.86 bits per heavy atom. The summed E-state index contributed by atoms with van der Waals surface area (Å²) in [5.74, 6) is 0.137. The summed E-state index contributed by atoms with van der Waals surface area (Å²) in [6, 6.07) is 11.3. The highest BCUT2D eigenvalue weighted by molar-refractivity contribution is 6.42. The second kappa shape index (κ2) is 6.80. The largest absolute Gasteiger partial charge is 0.481 e. The van der Waals surface area contributed by atoms with Gasteiger partial charge in [0.25, 0.3) is 0 Å². The highest BCUT2D eigenvalue weighted by atomic mass is 35.5. The van der Waals surface area contributed by atoms with Gasteiger partial charge in [-0.15, -0.1) is 0 Å². The average molecular weight is 326 g/mol. The zero-order valence-corrected chi connectivity index (χ0v) is 12.4. The molecule has 0 aliphatic rings. The van der Waals surface area contributed by atoms with Crippen LogP contribution in [0.2, 0.25) is 10.0 Å². The van der Waals surface area contributed by atoms with Crippen molar-refractivity contribution in [2.24, 2.45) is 5.73 Å². The number of benzene rings is 2. The van der Waals surface area contributed by atoms with Crippen molar-refractivity contribution in [1.82, 2.24) is 0 Å². The van der Waals surface area contributed by atoms with E-state index in [0.717, 1.165) is 0 Å². The second-order valence-corrected chi connectivity index (χ2v) is 5.27. The molecule has 0 saturated carbocycles. The van der Waals surface area contributed by atoms with E-state index in [0.29, 0.717) is 27.1 Å². The van der Waals surface area contributed by atoms with Gasteiger partial charge in [0.15, 0.2) is 0 Å². The predicted molar refractivity (Wildman–Crippen MR) is 82.2 cm³/mol. The van der Waals surface area contributed by atoms with Crippen molar-refractivity contribution in [3.63, 3.8) is 0 Å². The maximum absolute atomic E-state index is 10.7. The van der Waals surface area contributed by atoms with Crippen LogP contribution in [0.1, 0.15) is 18.0 Å². The van der Waals surface area contributed by atoms with E-state index in [9.17, 15) is 4.79 Å². The molecule has 1 atom stereocenters. The molecule has 3 N–H and O–H groups in total. The smallest absolute Gasteiger partial charge is 0.305 e. The zero-order chi connectivity index (χ0) is 15.4. The molecule has 0 fully saturated rings. The van der Waals surface area contributed by atoms with Crippen LogP contribution in [0.5, 0.6) is 11.5 Å². The molecule has 0 aliphatic heterocycles. The monoisotopic (exact) mass is 325 g/mol. The number of halogens is 2. The molecular formula is C15H13Cl2NO3. The van der Waals surface area contributed by atoms with E-state index in [1.54, 1.807) is 42.5 Å². The molecule has 1 unspecified atom stereocenters. The summed E-state index contributed by atoms with van der Waals surface area (Å²) in [5, 5.41) is 9.61. The summed E-state index contributed by atoms with van der Waals surface area (Å²) in [5.41, 5.74) is 6.52. The third-order valence-corrected chi connectivity index (χ3v) is 3.55. The molecule has 4 nitrogen and oxygen atoms in total. The van der Waals surface area contributed by atoms with Crippen molar-refractivity contribution >= 4 is 29.2 Å². The Morgan fingerprint density at radius 3 is 2.52 bits per heavy atom. The molecule has 21 heavy (non-hydrogen) atoms. The number of carbonyl (C=O) groups is 1. The van der Waals surface area contributed by atoms with Gasteiger partial charge in [0.2, 0.25) is 0 Å². The summed E-state index contributed by atoms with van der Waals surface area (Å²) < 4.78 is 5.66. The van der Waals surface area contributed by atoms with Crippen LogP contribution in [0, 0.1) is 0 Å². The van der Waals surface area contributed by atoms with E-state index < -0.39 is 12.0 Å². The van der Waals surface area contributed by atoms with Gasteiger partial charge in [-0.05, 0) is 29.8 Å². The van der Waals surface area contributed by atoms with Gasteiger partial charge in [-0.1, -0.05) is 35.3 Å². The molecule has 0 spiro atoms. The molecule has 0 radical (unpaired) electrons. The van der Waals surface area contributed by atoms with Crippen molar-refractivity contribution in [2.75, 3.05) is 0 Å². The third kappa shape index (κ3) is 4.36. The van der Waals surface area contributed by atoms with Gasteiger partial charge < -0.3 is 15.6 Å². The Bertz CT molecular complexity index is 661. The van der Waals surface area contributed by atoms with Crippen LogP contribution in [0.15, 0.2) is 42.5 Å². The molecule has 6 heteroatoms. The summed E-state index contributed by atoms with van der Waals surface area (Å²) in [4.78, 5) is 10.7. The van der Waals surface area contributed by atoms with Crippen LogP contribution in [0.3, 0.4) is 0 Å². The highest BCUT2D eigenvalue weighted by Crippen LogP contribution is 2.30. The summed E-state index contributed by atoms with van der Waals surface area (Å²) in [7, 11) is 0. The molecule has 2 aromatic rings. The molecule has 0 heterocycles. The maximum atomic E-state index is 10.7. The number of carboxylic acid groups (broad SMARTS) is 1. The van der Waals surface area contributed by atoms with Gasteiger partial charge in [-0.25, -0.2) is 0 Å². The topological polar surface area (TPSA) is 72.6 Å².